The molecule has 0 saturated heterocycles. The van der Waals surface area contributed by atoms with Crippen LogP contribution in [-0.2, 0) is 0 Å². The van der Waals surface area contributed by atoms with Crippen molar-refractivity contribution in [2.24, 2.45) is 0 Å². The van der Waals surface area contributed by atoms with Crippen LogP contribution in [0.25, 0.3) is 0 Å². The molecule has 20 heavy (non-hydrogen) atoms. The third kappa shape index (κ3) is 2.53. The SMILES string of the molecule is N#Cc1c(Cl)c(Cl)c(Oc2ccccc2)c(Cl)c1C#N. The van der Waals surface area contributed by atoms with E-state index in [2.05, 4.69) is 0 Å². The smallest absolute Gasteiger partial charge is 0.167 e. The highest BCUT2D eigenvalue weighted by atomic mass is 35.5. The van der Waals surface area contributed by atoms with Crippen molar-refractivity contribution < 1.29 is 4.74 Å². The van der Waals surface area contributed by atoms with Crippen LogP contribution in [0.3, 0.4) is 0 Å². The van der Waals surface area contributed by atoms with Gasteiger partial charge in [-0.15, -0.1) is 0 Å². The van der Waals surface area contributed by atoms with Gasteiger partial charge >= 0.3 is 0 Å². The molecular formula is C14H5Cl3N2O. The van der Waals surface area contributed by atoms with Gasteiger partial charge in [0.25, 0.3) is 0 Å². The molecule has 2 aromatic carbocycles. The van der Waals surface area contributed by atoms with Crippen LogP contribution in [-0.4, -0.2) is 0 Å². The summed E-state index contributed by atoms with van der Waals surface area (Å²) in [6.45, 7) is 0. The molecule has 0 N–H and O–H groups in total. The first kappa shape index (κ1) is 14.5. The van der Waals surface area contributed by atoms with Gasteiger partial charge in [-0.05, 0) is 12.1 Å². The second kappa shape index (κ2) is 6.03. The average molecular weight is 324 g/mol. The lowest BCUT2D eigenvalue weighted by molar-refractivity contribution is 0.483. The topological polar surface area (TPSA) is 56.8 Å². The van der Waals surface area contributed by atoms with E-state index in [-0.39, 0.29) is 31.9 Å². The second-order valence-electron chi connectivity index (χ2n) is 3.66. The Kier molecular flexibility index (Phi) is 4.37. The Morgan fingerprint density at radius 1 is 0.800 bits per heavy atom. The number of para-hydroxylation sites is 1. The molecule has 3 nitrogen and oxygen atoms in total. The molecule has 0 fully saturated rings. The Labute approximate surface area is 130 Å². The van der Waals surface area contributed by atoms with Crippen LogP contribution in [0.1, 0.15) is 11.1 Å². The predicted molar refractivity (Wildman–Crippen MR) is 77.4 cm³/mol. The van der Waals surface area contributed by atoms with Crippen molar-refractivity contribution in [2.75, 3.05) is 0 Å². The van der Waals surface area contributed by atoms with Gasteiger partial charge in [0.1, 0.15) is 27.9 Å². The Balaban J connectivity index is 2.64. The van der Waals surface area contributed by atoms with Gasteiger partial charge in [0.15, 0.2) is 5.75 Å². The molecule has 0 atom stereocenters. The predicted octanol–water partition coefficient (Wildman–Crippen LogP) is 5.18. The number of nitrogens with zero attached hydrogens (tertiary/aromatic N) is 2. The largest absolute Gasteiger partial charge is 0.454 e. The second-order valence-corrected chi connectivity index (χ2v) is 4.79. The minimum absolute atomic E-state index is 0.00364. The third-order valence-corrected chi connectivity index (χ3v) is 3.66. The molecule has 0 bridgehead atoms. The number of halogens is 3. The van der Waals surface area contributed by atoms with E-state index >= 15 is 0 Å². The molecule has 2 rings (SSSR count). The van der Waals surface area contributed by atoms with Crippen LogP contribution < -0.4 is 4.74 Å². The summed E-state index contributed by atoms with van der Waals surface area (Å²) in [5.74, 6) is 0.543. The molecular weight excluding hydrogens is 319 g/mol. The maximum atomic E-state index is 9.09. The van der Waals surface area contributed by atoms with E-state index < -0.39 is 0 Å². The zero-order valence-corrected chi connectivity index (χ0v) is 12.1. The van der Waals surface area contributed by atoms with E-state index in [1.54, 1.807) is 24.3 Å². The lowest BCUT2D eigenvalue weighted by Gasteiger charge is -2.13. The van der Waals surface area contributed by atoms with Crippen molar-refractivity contribution in [3.8, 4) is 23.6 Å². The first-order chi connectivity index (χ1) is 9.60. The van der Waals surface area contributed by atoms with E-state index in [4.69, 9.17) is 50.1 Å². The average Bonchev–Trinajstić information content (AvgIpc) is 2.48. The van der Waals surface area contributed by atoms with Crippen molar-refractivity contribution in [3.05, 3.63) is 56.5 Å². The van der Waals surface area contributed by atoms with Crippen LogP contribution in [0.2, 0.25) is 15.1 Å². The number of ether oxygens (including phenoxy) is 1. The number of rotatable bonds is 2. The van der Waals surface area contributed by atoms with E-state index in [0.717, 1.165) is 0 Å². The van der Waals surface area contributed by atoms with Crippen molar-refractivity contribution in [1.29, 1.82) is 10.5 Å². The van der Waals surface area contributed by atoms with Gasteiger partial charge in [-0.2, -0.15) is 10.5 Å². The fraction of sp³-hybridized carbons (Fsp3) is 0. The molecule has 0 heterocycles. The van der Waals surface area contributed by atoms with Gasteiger partial charge < -0.3 is 4.74 Å². The van der Waals surface area contributed by atoms with E-state index in [0.29, 0.717) is 5.75 Å². The monoisotopic (exact) mass is 322 g/mol. The summed E-state index contributed by atoms with van der Waals surface area (Å²) in [7, 11) is 0. The highest BCUT2D eigenvalue weighted by Gasteiger charge is 2.22. The summed E-state index contributed by atoms with van der Waals surface area (Å²) in [4.78, 5) is 0. The Morgan fingerprint density at radius 3 is 1.90 bits per heavy atom. The Hall–Kier alpha value is -1.91. The van der Waals surface area contributed by atoms with Crippen LogP contribution in [0, 0.1) is 22.7 Å². The normalized spacial score (nSPS) is 9.65. The van der Waals surface area contributed by atoms with Gasteiger partial charge in [0.05, 0.1) is 16.1 Å². The summed E-state index contributed by atoms with van der Waals surface area (Å²) in [6, 6.07) is 12.4. The number of nitriles is 2. The lowest BCUT2D eigenvalue weighted by Crippen LogP contribution is -1.94. The number of benzene rings is 2. The van der Waals surface area contributed by atoms with Crippen molar-refractivity contribution in [1.82, 2.24) is 0 Å². The molecule has 0 aliphatic heterocycles. The fourth-order valence-electron chi connectivity index (χ4n) is 1.54. The van der Waals surface area contributed by atoms with Crippen LogP contribution in [0.4, 0.5) is 0 Å². The number of hydrogen-bond donors (Lipinski definition) is 0. The standard InChI is InChI=1S/C14H5Cl3N2O/c15-11-9(6-18)10(7-19)12(16)14(13(11)17)20-8-4-2-1-3-5-8/h1-5H. The van der Waals surface area contributed by atoms with Gasteiger partial charge in [-0.1, -0.05) is 53.0 Å². The molecule has 0 radical (unpaired) electrons. The van der Waals surface area contributed by atoms with Crippen LogP contribution >= 0.6 is 34.8 Å². The summed E-state index contributed by atoms with van der Waals surface area (Å²) in [6.07, 6.45) is 0. The Morgan fingerprint density at radius 2 is 1.35 bits per heavy atom. The molecule has 6 heteroatoms. The fourth-order valence-corrected chi connectivity index (χ4v) is 2.31. The van der Waals surface area contributed by atoms with Crippen LogP contribution in [0.15, 0.2) is 30.3 Å². The molecule has 0 amide bonds. The molecule has 0 aliphatic carbocycles. The first-order valence-electron chi connectivity index (χ1n) is 5.33. The third-order valence-electron chi connectivity index (χ3n) is 2.47. The molecule has 0 spiro atoms. The van der Waals surface area contributed by atoms with Crippen LogP contribution in [0.5, 0.6) is 11.5 Å². The summed E-state index contributed by atoms with van der Waals surface area (Å²) >= 11 is 18.1. The van der Waals surface area contributed by atoms with E-state index in [1.165, 1.54) is 0 Å². The molecule has 0 aromatic heterocycles. The van der Waals surface area contributed by atoms with E-state index in [9.17, 15) is 0 Å². The van der Waals surface area contributed by atoms with Crippen molar-refractivity contribution >= 4 is 34.8 Å². The summed E-state index contributed by atoms with van der Waals surface area (Å²) in [5, 5.41) is 18.0. The minimum atomic E-state index is -0.0652. The first-order valence-corrected chi connectivity index (χ1v) is 6.47. The van der Waals surface area contributed by atoms with Gasteiger partial charge in [0.2, 0.25) is 0 Å². The summed E-state index contributed by atoms with van der Waals surface area (Å²) in [5.41, 5.74) is -0.126. The highest BCUT2D eigenvalue weighted by Crippen LogP contribution is 2.44. The zero-order chi connectivity index (χ0) is 14.7. The molecule has 0 unspecified atom stereocenters. The van der Waals surface area contributed by atoms with E-state index in [1.807, 2.05) is 18.2 Å². The molecule has 2 aromatic rings. The number of hydrogen-bond acceptors (Lipinski definition) is 3. The Bertz CT molecular complexity index is 746. The summed E-state index contributed by atoms with van der Waals surface area (Å²) < 4.78 is 5.55. The van der Waals surface area contributed by atoms with Crippen molar-refractivity contribution in [2.45, 2.75) is 0 Å². The minimum Gasteiger partial charge on any atom is -0.454 e. The van der Waals surface area contributed by atoms with Gasteiger partial charge in [-0.3, -0.25) is 0 Å². The van der Waals surface area contributed by atoms with Gasteiger partial charge in [-0.25, -0.2) is 0 Å². The molecule has 0 saturated carbocycles. The molecule has 0 aliphatic rings. The van der Waals surface area contributed by atoms with Crippen molar-refractivity contribution in [3.63, 3.8) is 0 Å². The highest BCUT2D eigenvalue weighted by molar-refractivity contribution is 6.46. The van der Waals surface area contributed by atoms with Gasteiger partial charge in [0, 0.05) is 0 Å². The zero-order valence-electron chi connectivity index (χ0n) is 9.82. The lowest BCUT2D eigenvalue weighted by atomic mass is 10.1. The maximum absolute atomic E-state index is 9.09. The molecule has 98 valence electrons. The quantitative estimate of drug-likeness (QED) is 0.715. The maximum Gasteiger partial charge on any atom is 0.167 e.